The first kappa shape index (κ1) is 12.2. The van der Waals surface area contributed by atoms with E-state index < -0.39 is 0 Å². The minimum Gasteiger partial charge on any atom is -0.355 e. The zero-order valence-corrected chi connectivity index (χ0v) is 11.3. The summed E-state index contributed by atoms with van der Waals surface area (Å²) in [7, 11) is 0. The molecule has 0 radical (unpaired) electrons. The van der Waals surface area contributed by atoms with Gasteiger partial charge >= 0.3 is 0 Å². The Balaban J connectivity index is 1.80. The molecule has 1 N–H and O–H groups in total. The van der Waals surface area contributed by atoms with Crippen molar-refractivity contribution in [2.24, 2.45) is 5.41 Å². The summed E-state index contributed by atoms with van der Waals surface area (Å²) < 4.78 is 0. The predicted octanol–water partition coefficient (Wildman–Crippen LogP) is 2.10. The van der Waals surface area contributed by atoms with E-state index in [4.69, 9.17) is 11.6 Å². The zero-order chi connectivity index (χ0) is 12.4. The molecule has 2 aliphatic rings. The van der Waals surface area contributed by atoms with Gasteiger partial charge in [-0.3, -0.25) is 0 Å². The smallest absolute Gasteiger partial charge is 0.150 e. The zero-order valence-electron chi connectivity index (χ0n) is 10.5. The normalized spacial score (nSPS) is 28.6. The molecule has 5 heteroatoms. The maximum atomic E-state index is 6.20. The summed E-state index contributed by atoms with van der Waals surface area (Å²) >= 11 is 6.20. The number of nitrogens with zero attached hydrogens (tertiary/aromatic N) is 3. The van der Waals surface area contributed by atoms with Crippen LogP contribution in [0.25, 0.3) is 0 Å². The third-order valence-corrected chi connectivity index (χ3v) is 4.44. The van der Waals surface area contributed by atoms with Gasteiger partial charge in [0.15, 0.2) is 5.82 Å². The lowest BCUT2D eigenvalue weighted by Crippen LogP contribution is -2.51. The van der Waals surface area contributed by atoms with Crippen LogP contribution >= 0.6 is 11.6 Å². The van der Waals surface area contributed by atoms with Crippen molar-refractivity contribution in [3.8, 4) is 0 Å². The molecule has 0 aromatic carbocycles. The number of hydrogen-bond acceptors (Lipinski definition) is 4. The minimum atomic E-state index is 0.421. The molecular formula is C13H19ClN4. The van der Waals surface area contributed by atoms with Crippen LogP contribution in [0.3, 0.4) is 0 Å². The maximum Gasteiger partial charge on any atom is 0.150 e. The molecule has 1 aromatic rings. The number of piperidine rings is 2. The van der Waals surface area contributed by atoms with Crippen molar-refractivity contribution in [2.75, 3.05) is 31.1 Å². The van der Waals surface area contributed by atoms with Gasteiger partial charge in [-0.05, 0) is 32.2 Å². The second kappa shape index (κ2) is 5.02. The third-order valence-electron chi connectivity index (χ3n) is 4.17. The number of aromatic nitrogens is 2. The lowest BCUT2D eigenvalue weighted by atomic mass is 9.74. The van der Waals surface area contributed by atoms with E-state index in [1.807, 2.05) is 0 Å². The van der Waals surface area contributed by atoms with Crippen LogP contribution in [0.5, 0.6) is 0 Å². The molecule has 3 rings (SSSR count). The lowest BCUT2D eigenvalue weighted by Gasteiger charge is -2.45. The molecule has 1 spiro atoms. The van der Waals surface area contributed by atoms with Crippen LogP contribution in [0.4, 0.5) is 5.82 Å². The van der Waals surface area contributed by atoms with Gasteiger partial charge in [0.1, 0.15) is 11.3 Å². The van der Waals surface area contributed by atoms with Crippen LogP contribution in [0.15, 0.2) is 12.5 Å². The van der Waals surface area contributed by atoms with Crippen molar-refractivity contribution < 1.29 is 0 Å². The van der Waals surface area contributed by atoms with Crippen molar-refractivity contribution in [1.82, 2.24) is 15.3 Å². The Morgan fingerprint density at radius 3 is 3.00 bits per heavy atom. The Morgan fingerprint density at radius 2 is 2.22 bits per heavy atom. The number of nitrogens with one attached hydrogen (secondary N) is 1. The molecule has 2 aliphatic heterocycles. The fourth-order valence-corrected chi connectivity index (χ4v) is 3.53. The average molecular weight is 267 g/mol. The molecule has 1 unspecified atom stereocenters. The number of halogens is 1. The van der Waals surface area contributed by atoms with Crippen LogP contribution in [0, 0.1) is 5.41 Å². The predicted molar refractivity (Wildman–Crippen MR) is 73.0 cm³/mol. The Hall–Kier alpha value is -0.870. The molecule has 2 saturated heterocycles. The second-order valence-electron chi connectivity index (χ2n) is 5.50. The molecule has 0 bridgehead atoms. The number of anilines is 1. The number of hydrogen-bond donors (Lipinski definition) is 1. The van der Waals surface area contributed by atoms with E-state index in [1.165, 1.54) is 25.7 Å². The van der Waals surface area contributed by atoms with Gasteiger partial charge in [0.2, 0.25) is 0 Å². The summed E-state index contributed by atoms with van der Waals surface area (Å²) in [6.45, 7) is 4.41. The van der Waals surface area contributed by atoms with Gasteiger partial charge in [-0.15, -0.1) is 0 Å². The highest BCUT2D eigenvalue weighted by molar-refractivity contribution is 6.32. The van der Waals surface area contributed by atoms with Crippen molar-refractivity contribution in [3.63, 3.8) is 0 Å². The van der Waals surface area contributed by atoms with Gasteiger partial charge < -0.3 is 10.2 Å². The average Bonchev–Trinajstić information content (AvgIpc) is 2.40. The first-order valence-electron chi connectivity index (χ1n) is 6.70. The molecule has 4 nitrogen and oxygen atoms in total. The van der Waals surface area contributed by atoms with Crippen molar-refractivity contribution in [3.05, 3.63) is 17.5 Å². The van der Waals surface area contributed by atoms with Gasteiger partial charge in [-0.25, -0.2) is 9.97 Å². The quantitative estimate of drug-likeness (QED) is 0.845. The molecule has 1 aromatic heterocycles. The first-order chi connectivity index (χ1) is 8.79. The van der Waals surface area contributed by atoms with Crippen molar-refractivity contribution >= 4 is 17.4 Å². The van der Waals surface area contributed by atoms with Gasteiger partial charge in [0, 0.05) is 25.0 Å². The molecule has 3 heterocycles. The van der Waals surface area contributed by atoms with Gasteiger partial charge in [0.05, 0.1) is 6.20 Å². The first-order valence-corrected chi connectivity index (χ1v) is 7.08. The Kier molecular flexibility index (Phi) is 3.39. The standard InChI is InChI=1S/C13H19ClN4/c14-11-7-16-10-17-12(11)18-6-2-4-13(9-18)3-1-5-15-8-13/h7,10,15H,1-6,8-9H2. The van der Waals surface area contributed by atoms with Gasteiger partial charge in [-0.1, -0.05) is 11.6 Å². The van der Waals surface area contributed by atoms with Crippen LogP contribution in [-0.4, -0.2) is 36.1 Å². The van der Waals surface area contributed by atoms with Gasteiger partial charge in [-0.2, -0.15) is 0 Å². The van der Waals surface area contributed by atoms with E-state index in [1.54, 1.807) is 12.5 Å². The Bertz CT molecular complexity index is 412. The summed E-state index contributed by atoms with van der Waals surface area (Å²) in [6.07, 6.45) is 8.41. The molecule has 2 fully saturated rings. The minimum absolute atomic E-state index is 0.421. The van der Waals surface area contributed by atoms with E-state index in [2.05, 4.69) is 20.2 Å². The summed E-state index contributed by atoms with van der Waals surface area (Å²) in [4.78, 5) is 10.6. The number of rotatable bonds is 1. The molecule has 1 atom stereocenters. The highest BCUT2D eigenvalue weighted by atomic mass is 35.5. The Morgan fingerprint density at radius 1 is 1.33 bits per heavy atom. The van der Waals surface area contributed by atoms with Crippen LogP contribution in [-0.2, 0) is 0 Å². The molecular weight excluding hydrogens is 248 g/mol. The van der Waals surface area contributed by atoms with E-state index in [9.17, 15) is 0 Å². The SMILES string of the molecule is Clc1cncnc1N1CCCC2(CCCNC2)C1. The summed E-state index contributed by atoms with van der Waals surface area (Å²) in [5, 5.41) is 4.20. The van der Waals surface area contributed by atoms with E-state index in [-0.39, 0.29) is 0 Å². The van der Waals surface area contributed by atoms with E-state index in [0.29, 0.717) is 10.4 Å². The second-order valence-corrected chi connectivity index (χ2v) is 5.91. The highest BCUT2D eigenvalue weighted by Gasteiger charge is 2.37. The Labute approximate surface area is 113 Å². The van der Waals surface area contributed by atoms with Crippen LogP contribution < -0.4 is 10.2 Å². The topological polar surface area (TPSA) is 41.1 Å². The molecule has 98 valence electrons. The molecule has 0 aliphatic carbocycles. The highest BCUT2D eigenvalue weighted by Crippen LogP contribution is 2.38. The monoisotopic (exact) mass is 266 g/mol. The fraction of sp³-hybridized carbons (Fsp3) is 0.692. The third kappa shape index (κ3) is 2.31. The summed E-state index contributed by atoms with van der Waals surface area (Å²) in [6, 6.07) is 0. The molecule has 18 heavy (non-hydrogen) atoms. The molecule has 0 amide bonds. The van der Waals surface area contributed by atoms with Crippen LogP contribution in [0.2, 0.25) is 5.02 Å². The lowest BCUT2D eigenvalue weighted by molar-refractivity contribution is 0.173. The molecule has 0 saturated carbocycles. The summed E-state index contributed by atoms with van der Waals surface area (Å²) in [5.41, 5.74) is 0.421. The van der Waals surface area contributed by atoms with E-state index >= 15 is 0 Å². The van der Waals surface area contributed by atoms with Crippen molar-refractivity contribution in [2.45, 2.75) is 25.7 Å². The largest absolute Gasteiger partial charge is 0.355 e. The van der Waals surface area contributed by atoms with Gasteiger partial charge in [0.25, 0.3) is 0 Å². The van der Waals surface area contributed by atoms with Crippen LogP contribution in [0.1, 0.15) is 25.7 Å². The summed E-state index contributed by atoms with van der Waals surface area (Å²) in [5.74, 6) is 0.899. The van der Waals surface area contributed by atoms with Crippen molar-refractivity contribution in [1.29, 1.82) is 0 Å². The maximum absolute atomic E-state index is 6.20. The fourth-order valence-electron chi connectivity index (χ4n) is 3.31. The van der Waals surface area contributed by atoms with E-state index in [0.717, 1.165) is 32.0 Å².